The van der Waals surface area contributed by atoms with E-state index in [1.807, 2.05) is 54.6 Å². The van der Waals surface area contributed by atoms with Crippen molar-refractivity contribution in [3.05, 3.63) is 78.4 Å². The normalized spacial score (nSPS) is 12.4. The second-order valence-electron chi connectivity index (χ2n) is 5.60. The van der Waals surface area contributed by atoms with Crippen LogP contribution in [0.5, 0.6) is 0 Å². The molecule has 0 aliphatic rings. The maximum absolute atomic E-state index is 6.42. The van der Waals surface area contributed by atoms with Crippen molar-refractivity contribution in [2.75, 3.05) is 0 Å². The van der Waals surface area contributed by atoms with Crippen LogP contribution in [0.2, 0.25) is 0 Å². The molecule has 0 spiro atoms. The van der Waals surface area contributed by atoms with Gasteiger partial charge in [-0.25, -0.2) is 0 Å². The fourth-order valence-corrected chi connectivity index (χ4v) is 2.83. The third kappa shape index (κ3) is 2.66. The van der Waals surface area contributed by atoms with Crippen LogP contribution in [0.3, 0.4) is 0 Å². The molecule has 0 radical (unpaired) electrons. The summed E-state index contributed by atoms with van der Waals surface area (Å²) in [6.07, 6.45) is 4.13. The first-order chi connectivity index (χ1) is 11.8. The van der Waals surface area contributed by atoms with Crippen molar-refractivity contribution in [3.8, 4) is 11.3 Å². The van der Waals surface area contributed by atoms with Gasteiger partial charge in [0, 0.05) is 35.5 Å². The van der Waals surface area contributed by atoms with E-state index in [-0.39, 0.29) is 6.04 Å². The summed E-state index contributed by atoms with van der Waals surface area (Å²) in [6, 6.07) is 17.2. The SMILES string of the molecule is NC(Cc1ccccn1)c1ncccc1-c1noc2ccccc12. The van der Waals surface area contributed by atoms with Gasteiger partial charge in [0.2, 0.25) is 0 Å². The lowest BCUT2D eigenvalue weighted by Gasteiger charge is -2.14. The number of hydrogen-bond acceptors (Lipinski definition) is 5. The molecular weight excluding hydrogens is 300 g/mol. The summed E-state index contributed by atoms with van der Waals surface area (Å²) in [5.74, 6) is 0. The van der Waals surface area contributed by atoms with Crippen LogP contribution in [-0.2, 0) is 6.42 Å². The quantitative estimate of drug-likeness (QED) is 0.623. The molecule has 0 saturated carbocycles. The standard InChI is InChI=1S/C19H16N4O/c20-16(12-13-6-3-4-10-21-13)19-15(8-5-11-22-19)18-14-7-1-2-9-17(14)24-23-18/h1-11,16H,12,20H2. The number of nitrogens with two attached hydrogens (primary N) is 1. The number of rotatable bonds is 4. The molecule has 24 heavy (non-hydrogen) atoms. The summed E-state index contributed by atoms with van der Waals surface area (Å²) in [6.45, 7) is 0. The molecule has 1 aromatic carbocycles. The third-order valence-electron chi connectivity index (χ3n) is 3.98. The van der Waals surface area contributed by atoms with Crippen molar-refractivity contribution in [2.45, 2.75) is 12.5 Å². The summed E-state index contributed by atoms with van der Waals surface area (Å²) in [5, 5.41) is 5.18. The molecule has 0 saturated heterocycles. The fourth-order valence-electron chi connectivity index (χ4n) is 2.83. The topological polar surface area (TPSA) is 77.8 Å². The molecule has 4 aromatic rings. The Kier molecular flexibility index (Phi) is 3.76. The van der Waals surface area contributed by atoms with E-state index in [4.69, 9.17) is 10.3 Å². The number of pyridine rings is 2. The highest BCUT2D eigenvalue weighted by molar-refractivity contribution is 5.92. The summed E-state index contributed by atoms with van der Waals surface area (Å²) >= 11 is 0. The molecule has 118 valence electrons. The van der Waals surface area contributed by atoms with E-state index in [1.54, 1.807) is 12.4 Å². The average Bonchev–Trinajstić information content (AvgIpc) is 3.06. The zero-order valence-electron chi connectivity index (χ0n) is 13.0. The first-order valence-corrected chi connectivity index (χ1v) is 7.78. The number of nitrogens with zero attached hydrogens (tertiary/aromatic N) is 3. The number of fused-ring (bicyclic) bond motifs is 1. The van der Waals surface area contributed by atoms with Crippen molar-refractivity contribution in [1.82, 2.24) is 15.1 Å². The Morgan fingerprint density at radius 3 is 2.62 bits per heavy atom. The fraction of sp³-hybridized carbons (Fsp3) is 0.105. The highest BCUT2D eigenvalue weighted by Crippen LogP contribution is 2.31. The van der Waals surface area contributed by atoms with Gasteiger partial charge >= 0.3 is 0 Å². The van der Waals surface area contributed by atoms with E-state index in [0.717, 1.165) is 33.6 Å². The lowest BCUT2D eigenvalue weighted by Crippen LogP contribution is -2.16. The molecule has 0 bridgehead atoms. The molecule has 2 N–H and O–H groups in total. The maximum Gasteiger partial charge on any atom is 0.167 e. The van der Waals surface area contributed by atoms with Crippen LogP contribution in [0.25, 0.3) is 22.2 Å². The zero-order valence-corrected chi connectivity index (χ0v) is 13.0. The first-order valence-electron chi connectivity index (χ1n) is 7.78. The van der Waals surface area contributed by atoms with Gasteiger partial charge in [0.1, 0.15) is 5.69 Å². The first kappa shape index (κ1) is 14.5. The van der Waals surface area contributed by atoms with Crippen LogP contribution >= 0.6 is 0 Å². The summed E-state index contributed by atoms with van der Waals surface area (Å²) in [7, 11) is 0. The number of para-hydroxylation sites is 1. The second-order valence-corrected chi connectivity index (χ2v) is 5.60. The Bertz CT molecular complexity index is 965. The molecule has 0 aliphatic carbocycles. The summed E-state index contributed by atoms with van der Waals surface area (Å²) in [5.41, 5.74) is 10.6. The lowest BCUT2D eigenvalue weighted by atomic mass is 9.99. The van der Waals surface area contributed by atoms with Gasteiger partial charge in [-0.2, -0.15) is 0 Å². The zero-order chi connectivity index (χ0) is 16.4. The van der Waals surface area contributed by atoms with Gasteiger partial charge < -0.3 is 10.3 Å². The minimum atomic E-state index is -0.272. The summed E-state index contributed by atoms with van der Waals surface area (Å²) in [4.78, 5) is 8.85. The Morgan fingerprint density at radius 1 is 0.917 bits per heavy atom. The van der Waals surface area contributed by atoms with Gasteiger partial charge in [0.25, 0.3) is 0 Å². The average molecular weight is 316 g/mol. The van der Waals surface area contributed by atoms with E-state index < -0.39 is 0 Å². The van der Waals surface area contributed by atoms with Crippen LogP contribution in [0, 0.1) is 0 Å². The molecule has 5 nitrogen and oxygen atoms in total. The summed E-state index contributed by atoms with van der Waals surface area (Å²) < 4.78 is 5.43. The van der Waals surface area contributed by atoms with Crippen molar-refractivity contribution >= 4 is 11.0 Å². The molecule has 3 aromatic heterocycles. The molecule has 0 fully saturated rings. The smallest absolute Gasteiger partial charge is 0.167 e. The van der Waals surface area contributed by atoms with Crippen molar-refractivity contribution in [2.24, 2.45) is 5.73 Å². The Hall–Kier alpha value is -3.05. The monoisotopic (exact) mass is 316 g/mol. The third-order valence-corrected chi connectivity index (χ3v) is 3.98. The minimum Gasteiger partial charge on any atom is -0.356 e. The highest BCUT2D eigenvalue weighted by atomic mass is 16.5. The lowest BCUT2D eigenvalue weighted by molar-refractivity contribution is 0.459. The largest absolute Gasteiger partial charge is 0.356 e. The van der Waals surface area contributed by atoms with Gasteiger partial charge in [-0.1, -0.05) is 23.4 Å². The molecule has 3 heterocycles. The molecule has 1 unspecified atom stereocenters. The molecule has 4 rings (SSSR count). The van der Waals surface area contributed by atoms with E-state index >= 15 is 0 Å². The van der Waals surface area contributed by atoms with Crippen LogP contribution in [-0.4, -0.2) is 15.1 Å². The van der Waals surface area contributed by atoms with Crippen LogP contribution < -0.4 is 5.73 Å². The van der Waals surface area contributed by atoms with Gasteiger partial charge in [-0.3, -0.25) is 9.97 Å². The van der Waals surface area contributed by atoms with Gasteiger partial charge in [-0.05, 0) is 36.4 Å². The molecule has 1 atom stereocenters. The molecule has 0 aliphatic heterocycles. The van der Waals surface area contributed by atoms with Crippen LogP contribution in [0.4, 0.5) is 0 Å². The van der Waals surface area contributed by atoms with Gasteiger partial charge in [0.05, 0.1) is 11.7 Å². The van der Waals surface area contributed by atoms with E-state index in [1.165, 1.54) is 0 Å². The Balaban J connectivity index is 1.75. The number of hydrogen-bond donors (Lipinski definition) is 1. The van der Waals surface area contributed by atoms with E-state index in [2.05, 4.69) is 15.1 Å². The predicted molar refractivity (Wildman–Crippen MR) is 92.1 cm³/mol. The van der Waals surface area contributed by atoms with Crippen molar-refractivity contribution < 1.29 is 4.52 Å². The molecule has 5 heteroatoms. The van der Waals surface area contributed by atoms with E-state index in [0.29, 0.717) is 6.42 Å². The predicted octanol–water partition coefficient (Wildman–Crippen LogP) is 3.53. The number of benzene rings is 1. The molecule has 0 amide bonds. The van der Waals surface area contributed by atoms with Gasteiger partial charge in [0.15, 0.2) is 5.58 Å². The Labute approximate surface area is 139 Å². The maximum atomic E-state index is 6.42. The molecular formula is C19H16N4O. The second kappa shape index (κ2) is 6.22. The van der Waals surface area contributed by atoms with Crippen LogP contribution in [0.15, 0.2) is 71.5 Å². The Morgan fingerprint density at radius 2 is 1.75 bits per heavy atom. The van der Waals surface area contributed by atoms with Gasteiger partial charge in [-0.15, -0.1) is 0 Å². The van der Waals surface area contributed by atoms with Crippen molar-refractivity contribution in [3.63, 3.8) is 0 Å². The van der Waals surface area contributed by atoms with Crippen LogP contribution in [0.1, 0.15) is 17.4 Å². The minimum absolute atomic E-state index is 0.272. The van der Waals surface area contributed by atoms with Crippen molar-refractivity contribution in [1.29, 1.82) is 0 Å². The van der Waals surface area contributed by atoms with E-state index in [9.17, 15) is 0 Å². The highest BCUT2D eigenvalue weighted by Gasteiger charge is 2.19. The number of aromatic nitrogens is 3.